The lowest BCUT2D eigenvalue weighted by atomic mass is 10.2. The molecule has 144 valence electrons. The first-order valence-corrected chi connectivity index (χ1v) is 9.23. The molecule has 0 aliphatic heterocycles. The first-order chi connectivity index (χ1) is 13.7. The number of aromatic nitrogens is 2. The summed E-state index contributed by atoms with van der Waals surface area (Å²) in [6.45, 7) is 3.61. The molecule has 3 rings (SSSR count). The highest BCUT2D eigenvalue weighted by Gasteiger charge is 2.16. The van der Waals surface area contributed by atoms with Crippen LogP contribution in [0.2, 0.25) is 0 Å². The molecule has 6 nitrogen and oxygen atoms in total. The SMILES string of the molecule is CCN(Cc1ccccc1)C(=O)c1ccnc(NCc2ccccc2OC)n1. The Hall–Kier alpha value is -3.41. The van der Waals surface area contributed by atoms with Crippen LogP contribution in [0, 0.1) is 0 Å². The van der Waals surface area contributed by atoms with Crippen LogP contribution < -0.4 is 10.1 Å². The molecule has 0 spiro atoms. The second-order valence-electron chi connectivity index (χ2n) is 6.24. The molecule has 6 heteroatoms. The summed E-state index contributed by atoms with van der Waals surface area (Å²) in [5.41, 5.74) is 2.45. The molecular formula is C22H24N4O2. The van der Waals surface area contributed by atoms with Crippen molar-refractivity contribution >= 4 is 11.9 Å². The fraction of sp³-hybridized carbons (Fsp3) is 0.227. The van der Waals surface area contributed by atoms with Gasteiger partial charge in [-0.1, -0.05) is 48.5 Å². The van der Waals surface area contributed by atoms with E-state index in [9.17, 15) is 4.79 Å². The van der Waals surface area contributed by atoms with Gasteiger partial charge in [0.1, 0.15) is 11.4 Å². The maximum Gasteiger partial charge on any atom is 0.272 e. The number of rotatable bonds is 8. The third-order valence-electron chi connectivity index (χ3n) is 4.39. The molecule has 0 aliphatic carbocycles. The number of nitrogens with zero attached hydrogens (tertiary/aromatic N) is 3. The van der Waals surface area contributed by atoms with E-state index < -0.39 is 0 Å². The summed E-state index contributed by atoms with van der Waals surface area (Å²) in [5, 5.41) is 3.16. The summed E-state index contributed by atoms with van der Waals surface area (Å²) in [6, 6.07) is 19.3. The van der Waals surface area contributed by atoms with Crippen LogP contribution >= 0.6 is 0 Å². The fourth-order valence-corrected chi connectivity index (χ4v) is 2.88. The van der Waals surface area contributed by atoms with Crippen LogP contribution in [0.15, 0.2) is 66.9 Å². The predicted molar refractivity (Wildman–Crippen MR) is 109 cm³/mol. The van der Waals surface area contributed by atoms with Gasteiger partial charge in [0.25, 0.3) is 5.91 Å². The van der Waals surface area contributed by atoms with E-state index in [2.05, 4.69) is 15.3 Å². The number of nitrogens with one attached hydrogen (secondary N) is 1. The lowest BCUT2D eigenvalue weighted by Crippen LogP contribution is -2.31. The van der Waals surface area contributed by atoms with Crippen molar-refractivity contribution < 1.29 is 9.53 Å². The summed E-state index contributed by atoms with van der Waals surface area (Å²) >= 11 is 0. The quantitative estimate of drug-likeness (QED) is 0.648. The molecule has 3 aromatic rings. The monoisotopic (exact) mass is 376 g/mol. The smallest absolute Gasteiger partial charge is 0.272 e. The molecule has 0 atom stereocenters. The first-order valence-electron chi connectivity index (χ1n) is 9.23. The molecule has 0 saturated heterocycles. The normalized spacial score (nSPS) is 10.4. The average Bonchev–Trinajstić information content (AvgIpc) is 2.76. The van der Waals surface area contributed by atoms with Crippen LogP contribution in [-0.4, -0.2) is 34.4 Å². The molecule has 0 unspecified atom stereocenters. The number of carbonyl (C=O) groups is 1. The lowest BCUT2D eigenvalue weighted by Gasteiger charge is -2.20. The van der Waals surface area contributed by atoms with Crippen LogP contribution in [0.25, 0.3) is 0 Å². The molecule has 0 saturated carbocycles. The number of carbonyl (C=O) groups excluding carboxylic acids is 1. The van der Waals surface area contributed by atoms with Crippen molar-refractivity contribution in [2.45, 2.75) is 20.0 Å². The van der Waals surface area contributed by atoms with Gasteiger partial charge >= 0.3 is 0 Å². The van der Waals surface area contributed by atoms with E-state index in [0.717, 1.165) is 16.9 Å². The highest BCUT2D eigenvalue weighted by molar-refractivity contribution is 5.92. The molecule has 0 aliphatic rings. The number of methoxy groups -OCH3 is 1. The topological polar surface area (TPSA) is 67.4 Å². The van der Waals surface area contributed by atoms with Gasteiger partial charge in [0.2, 0.25) is 5.95 Å². The van der Waals surface area contributed by atoms with Gasteiger partial charge < -0.3 is 15.0 Å². The molecule has 1 amide bonds. The van der Waals surface area contributed by atoms with Gasteiger partial charge in [-0.2, -0.15) is 0 Å². The molecule has 1 aromatic heterocycles. The summed E-state index contributed by atoms with van der Waals surface area (Å²) in [7, 11) is 1.64. The van der Waals surface area contributed by atoms with E-state index >= 15 is 0 Å². The van der Waals surface area contributed by atoms with E-state index in [1.165, 1.54) is 0 Å². The Morgan fingerprint density at radius 3 is 2.57 bits per heavy atom. The van der Waals surface area contributed by atoms with Gasteiger partial charge in [-0.25, -0.2) is 9.97 Å². The minimum absolute atomic E-state index is 0.117. The van der Waals surface area contributed by atoms with Gasteiger partial charge in [-0.05, 0) is 24.6 Å². The Bertz CT molecular complexity index is 915. The number of ether oxygens (including phenoxy) is 1. The van der Waals surface area contributed by atoms with E-state index in [0.29, 0.717) is 31.3 Å². The van der Waals surface area contributed by atoms with Gasteiger partial charge in [0, 0.05) is 31.4 Å². The van der Waals surface area contributed by atoms with Crippen molar-refractivity contribution in [1.82, 2.24) is 14.9 Å². The summed E-state index contributed by atoms with van der Waals surface area (Å²) in [4.78, 5) is 23.3. The maximum absolute atomic E-state index is 12.9. The van der Waals surface area contributed by atoms with Crippen LogP contribution in [0.5, 0.6) is 5.75 Å². The largest absolute Gasteiger partial charge is 0.496 e. The Morgan fingerprint density at radius 2 is 1.82 bits per heavy atom. The zero-order chi connectivity index (χ0) is 19.8. The Labute approximate surface area is 165 Å². The van der Waals surface area contributed by atoms with Crippen molar-refractivity contribution in [3.8, 4) is 5.75 Å². The fourth-order valence-electron chi connectivity index (χ4n) is 2.88. The molecule has 0 radical (unpaired) electrons. The van der Waals surface area contributed by atoms with Gasteiger partial charge in [0.15, 0.2) is 0 Å². The number of hydrogen-bond donors (Lipinski definition) is 1. The van der Waals surface area contributed by atoms with Crippen LogP contribution in [0.3, 0.4) is 0 Å². The molecular weight excluding hydrogens is 352 g/mol. The highest BCUT2D eigenvalue weighted by Crippen LogP contribution is 2.18. The Morgan fingerprint density at radius 1 is 1.07 bits per heavy atom. The molecule has 1 N–H and O–H groups in total. The number of amides is 1. The third-order valence-corrected chi connectivity index (χ3v) is 4.39. The molecule has 2 aromatic carbocycles. The van der Waals surface area contributed by atoms with Crippen LogP contribution in [-0.2, 0) is 13.1 Å². The van der Waals surface area contributed by atoms with Crippen LogP contribution in [0.4, 0.5) is 5.95 Å². The summed E-state index contributed by atoms with van der Waals surface area (Å²) < 4.78 is 5.36. The lowest BCUT2D eigenvalue weighted by molar-refractivity contribution is 0.0746. The van der Waals surface area contributed by atoms with E-state index in [4.69, 9.17) is 4.74 Å². The average molecular weight is 376 g/mol. The molecule has 28 heavy (non-hydrogen) atoms. The number of benzene rings is 2. The Kier molecular flexibility index (Phi) is 6.57. The second-order valence-corrected chi connectivity index (χ2v) is 6.24. The van der Waals surface area contributed by atoms with Crippen molar-refractivity contribution in [3.63, 3.8) is 0 Å². The third kappa shape index (κ3) is 4.85. The van der Waals surface area contributed by atoms with Gasteiger partial charge in [0.05, 0.1) is 7.11 Å². The van der Waals surface area contributed by atoms with Crippen LogP contribution in [0.1, 0.15) is 28.5 Å². The van der Waals surface area contributed by atoms with Crippen molar-refractivity contribution in [2.24, 2.45) is 0 Å². The highest BCUT2D eigenvalue weighted by atomic mass is 16.5. The number of anilines is 1. The Balaban J connectivity index is 1.70. The standard InChI is InChI=1S/C22H24N4O2/c1-3-26(16-17-9-5-4-6-10-17)21(27)19-13-14-23-22(25-19)24-15-18-11-7-8-12-20(18)28-2/h4-14H,3,15-16H2,1-2H3,(H,23,24,25). The van der Waals surface area contributed by atoms with E-state index in [-0.39, 0.29) is 5.91 Å². The van der Waals surface area contributed by atoms with Gasteiger partial charge in [-0.15, -0.1) is 0 Å². The molecule has 1 heterocycles. The summed E-state index contributed by atoms with van der Waals surface area (Å²) in [6.07, 6.45) is 1.60. The minimum Gasteiger partial charge on any atom is -0.496 e. The summed E-state index contributed by atoms with van der Waals surface area (Å²) in [5.74, 6) is 1.09. The van der Waals surface area contributed by atoms with Gasteiger partial charge in [-0.3, -0.25) is 4.79 Å². The van der Waals surface area contributed by atoms with E-state index in [1.807, 2.05) is 61.5 Å². The zero-order valence-electron chi connectivity index (χ0n) is 16.1. The predicted octanol–water partition coefficient (Wildman–Crippen LogP) is 3.76. The number of para-hydroxylation sites is 1. The minimum atomic E-state index is -0.117. The molecule has 0 bridgehead atoms. The van der Waals surface area contributed by atoms with Crippen molar-refractivity contribution in [2.75, 3.05) is 19.0 Å². The zero-order valence-corrected chi connectivity index (χ0v) is 16.1. The number of hydrogen-bond acceptors (Lipinski definition) is 5. The maximum atomic E-state index is 12.9. The molecule has 0 fully saturated rings. The van der Waals surface area contributed by atoms with Crippen molar-refractivity contribution in [1.29, 1.82) is 0 Å². The van der Waals surface area contributed by atoms with Crippen molar-refractivity contribution in [3.05, 3.63) is 83.7 Å². The second kappa shape index (κ2) is 9.50. The van der Waals surface area contributed by atoms with E-state index in [1.54, 1.807) is 24.3 Å². The first kappa shape index (κ1) is 19.4.